The van der Waals surface area contributed by atoms with Crippen LogP contribution in [0.3, 0.4) is 0 Å². The lowest BCUT2D eigenvalue weighted by Crippen LogP contribution is -2.18. The molecule has 0 spiro atoms. The van der Waals surface area contributed by atoms with E-state index in [0.717, 1.165) is 51.3 Å². The van der Waals surface area contributed by atoms with Crippen molar-refractivity contribution < 1.29 is 9.47 Å². The van der Waals surface area contributed by atoms with E-state index in [-0.39, 0.29) is 6.10 Å². The molecule has 0 amide bonds. The number of hydrogen-bond donors (Lipinski definition) is 0. The van der Waals surface area contributed by atoms with Crippen molar-refractivity contribution in [2.45, 2.75) is 38.9 Å². The number of fused-ring (bicyclic) bond motifs is 1. The third kappa shape index (κ3) is 3.93. The molecule has 1 aromatic carbocycles. The van der Waals surface area contributed by atoms with Crippen molar-refractivity contribution in [3.05, 3.63) is 59.7 Å². The Kier molecular flexibility index (Phi) is 5.19. The molecule has 0 aliphatic carbocycles. The minimum absolute atomic E-state index is 0.153. The first kappa shape index (κ1) is 19.2. The van der Waals surface area contributed by atoms with E-state index in [1.807, 2.05) is 37.3 Å². The maximum atomic E-state index is 5.89. The second kappa shape index (κ2) is 8.13. The van der Waals surface area contributed by atoms with Crippen molar-refractivity contribution >= 4 is 22.2 Å². The first-order valence-electron chi connectivity index (χ1n) is 10.2. The maximum Gasteiger partial charge on any atom is 0.213 e. The van der Waals surface area contributed by atoms with Crippen LogP contribution in [-0.2, 0) is 4.74 Å². The van der Waals surface area contributed by atoms with Crippen molar-refractivity contribution in [3.63, 3.8) is 0 Å². The topological polar surface area (TPSA) is 57.1 Å². The van der Waals surface area contributed by atoms with Gasteiger partial charge in [0.25, 0.3) is 0 Å². The number of pyridine rings is 2. The van der Waals surface area contributed by atoms with Gasteiger partial charge in [-0.05, 0) is 44.9 Å². The molecule has 1 aliphatic rings. The average Bonchev–Trinajstić information content (AvgIpc) is 3.41. The van der Waals surface area contributed by atoms with Gasteiger partial charge in [0.15, 0.2) is 0 Å². The van der Waals surface area contributed by atoms with Gasteiger partial charge >= 0.3 is 0 Å². The van der Waals surface area contributed by atoms with Gasteiger partial charge in [-0.25, -0.2) is 9.97 Å². The molecule has 2 atom stereocenters. The first-order valence-corrected chi connectivity index (χ1v) is 11.1. The van der Waals surface area contributed by atoms with E-state index < -0.39 is 0 Å². The van der Waals surface area contributed by atoms with Crippen LogP contribution in [0.15, 0.2) is 54.0 Å². The van der Waals surface area contributed by atoms with Crippen LogP contribution in [0.4, 0.5) is 0 Å². The van der Waals surface area contributed by atoms with Gasteiger partial charge in [-0.15, -0.1) is 11.3 Å². The van der Waals surface area contributed by atoms with Gasteiger partial charge < -0.3 is 9.47 Å². The fraction of sp³-hybridized carbons (Fsp3) is 0.292. The zero-order chi connectivity index (χ0) is 20.5. The van der Waals surface area contributed by atoms with E-state index in [1.165, 1.54) is 0 Å². The van der Waals surface area contributed by atoms with Crippen LogP contribution >= 0.6 is 11.3 Å². The monoisotopic (exact) mass is 417 g/mol. The maximum absolute atomic E-state index is 5.89. The van der Waals surface area contributed by atoms with Gasteiger partial charge in [0.1, 0.15) is 11.6 Å². The summed E-state index contributed by atoms with van der Waals surface area (Å²) in [4.78, 5) is 14.0. The normalized spacial score (nSPS) is 18.7. The van der Waals surface area contributed by atoms with E-state index >= 15 is 0 Å². The molecule has 2 unspecified atom stereocenters. The van der Waals surface area contributed by atoms with E-state index in [0.29, 0.717) is 18.6 Å². The lowest BCUT2D eigenvalue weighted by molar-refractivity contribution is 0.0254. The smallest absolute Gasteiger partial charge is 0.213 e. The summed E-state index contributed by atoms with van der Waals surface area (Å²) in [6, 6.07) is 14.2. The summed E-state index contributed by atoms with van der Waals surface area (Å²) in [6.45, 7) is 4.67. The van der Waals surface area contributed by atoms with Gasteiger partial charge in [-0.2, -0.15) is 0 Å². The Balaban J connectivity index is 1.37. The second-order valence-corrected chi connectivity index (χ2v) is 8.55. The van der Waals surface area contributed by atoms with Crippen LogP contribution in [0.2, 0.25) is 0 Å². The highest BCUT2D eigenvalue weighted by Gasteiger charge is 2.22. The minimum atomic E-state index is 0.153. The highest BCUT2D eigenvalue weighted by Crippen LogP contribution is 2.32. The van der Waals surface area contributed by atoms with Crippen LogP contribution < -0.4 is 4.74 Å². The van der Waals surface area contributed by atoms with Gasteiger partial charge in [0.05, 0.1) is 23.4 Å². The second-order valence-electron chi connectivity index (χ2n) is 7.69. The van der Waals surface area contributed by atoms with Crippen LogP contribution in [0.25, 0.3) is 32.7 Å². The van der Waals surface area contributed by atoms with E-state index in [2.05, 4.69) is 29.4 Å². The summed E-state index contributed by atoms with van der Waals surface area (Å²) in [5.74, 6) is 0.607. The van der Waals surface area contributed by atoms with Crippen LogP contribution in [-0.4, -0.2) is 33.8 Å². The molecule has 1 fully saturated rings. The molecule has 1 aliphatic heterocycles. The minimum Gasteiger partial charge on any atom is -0.475 e. The molecule has 4 aromatic rings. The molecule has 5 rings (SSSR count). The Hall–Kier alpha value is -2.83. The number of rotatable bonds is 5. The van der Waals surface area contributed by atoms with Gasteiger partial charge in [-0.1, -0.05) is 18.2 Å². The lowest BCUT2D eigenvalue weighted by Gasteiger charge is -2.12. The van der Waals surface area contributed by atoms with Crippen LogP contribution in [0.5, 0.6) is 5.88 Å². The number of hydrogen-bond acceptors (Lipinski definition) is 6. The molecule has 0 bridgehead atoms. The molecule has 1 saturated heterocycles. The zero-order valence-electron chi connectivity index (χ0n) is 17.0. The summed E-state index contributed by atoms with van der Waals surface area (Å²) in [5.41, 5.74) is 5.00. The Bertz CT molecular complexity index is 1190. The number of para-hydroxylation sites is 1. The standard InChI is InChI=1S/C24H23N3O2S/c1-15-7-8-19(29-15)13-28-23-12-18(9-10-25-23)24-27-22(14-30-24)20-11-17-5-3-4-6-21(17)26-16(20)2/h3-6,9-12,14-15,19H,7-8,13H2,1-2H3. The molecule has 30 heavy (non-hydrogen) atoms. The van der Waals surface area contributed by atoms with Crippen LogP contribution in [0, 0.1) is 6.92 Å². The summed E-state index contributed by atoms with van der Waals surface area (Å²) < 4.78 is 11.7. The van der Waals surface area contributed by atoms with E-state index in [1.54, 1.807) is 17.5 Å². The Morgan fingerprint density at radius 3 is 2.90 bits per heavy atom. The number of nitrogens with zero attached hydrogens (tertiary/aromatic N) is 3. The fourth-order valence-corrected chi connectivity index (χ4v) is 4.63. The van der Waals surface area contributed by atoms with Gasteiger partial charge in [0.2, 0.25) is 5.88 Å². The Morgan fingerprint density at radius 2 is 2.03 bits per heavy atom. The summed E-state index contributed by atoms with van der Waals surface area (Å²) >= 11 is 1.62. The quantitative estimate of drug-likeness (QED) is 0.418. The van der Waals surface area contributed by atoms with Gasteiger partial charge in [-0.3, -0.25) is 4.98 Å². The predicted molar refractivity (Wildman–Crippen MR) is 120 cm³/mol. The Morgan fingerprint density at radius 1 is 1.13 bits per heavy atom. The SMILES string of the molecule is Cc1nc2ccccc2cc1-c1csc(-c2ccnc(OCC3CCC(C)O3)c2)n1. The molecule has 5 nitrogen and oxygen atoms in total. The third-order valence-electron chi connectivity index (χ3n) is 5.41. The van der Waals surface area contributed by atoms with Crippen molar-refractivity contribution in [3.8, 4) is 27.7 Å². The molecular weight excluding hydrogens is 394 g/mol. The summed E-state index contributed by atoms with van der Waals surface area (Å²) in [7, 11) is 0. The van der Waals surface area contributed by atoms with E-state index in [4.69, 9.17) is 19.4 Å². The fourth-order valence-electron chi connectivity index (χ4n) is 3.81. The molecule has 6 heteroatoms. The molecule has 0 saturated carbocycles. The molecule has 0 radical (unpaired) electrons. The molecule has 152 valence electrons. The number of aromatic nitrogens is 3. The third-order valence-corrected chi connectivity index (χ3v) is 6.30. The molecule has 4 heterocycles. The highest BCUT2D eigenvalue weighted by molar-refractivity contribution is 7.13. The zero-order valence-corrected chi connectivity index (χ0v) is 17.9. The van der Waals surface area contributed by atoms with E-state index in [9.17, 15) is 0 Å². The predicted octanol–water partition coefficient (Wildman–Crippen LogP) is 5.68. The lowest BCUT2D eigenvalue weighted by atomic mass is 10.1. The number of thiazole rings is 1. The van der Waals surface area contributed by atoms with Crippen molar-refractivity contribution in [2.24, 2.45) is 0 Å². The average molecular weight is 418 g/mol. The largest absolute Gasteiger partial charge is 0.475 e. The Labute approximate surface area is 179 Å². The summed E-state index contributed by atoms with van der Waals surface area (Å²) in [6.07, 6.45) is 4.37. The first-order chi connectivity index (χ1) is 14.7. The van der Waals surface area contributed by atoms with Crippen molar-refractivity contribution in [2.75, 3.05) is 6.61 Å². The van der Waals surface area contributed by atoms with Gasteiger partial charge in [0, 0.05) is 39.9 Å². The number of ether oxygens (including phenoxy) is 2. The summed E-state index contributed by atoms with van der Waals surface area (Å²) in [5, 5.41) is 4.15. The molecule has 0 N–H and O–H groups in total. The highest BCUT2D eigenvalue weighted by atomic mass is 32.1. The van der Waals surface area contributed by atoms with Crippen LogP contribution in [0.1, 0.15) is 25.5 Å². The molecule has 3 aromatic heterocycles. The van der Waals surface area contributed by atoms with Crippen molar-refractivity contribution in [1.29, 1.82) is 0 Å². The van der Waals surface area contributed by atoms with Crippen molar-refractivity contribution in [1.82, 2.24) is 15.0 Å². The molecular formula is C24H23N3O2S. The number of benzene rings is 1. The number of aryl methyl sites for hydroxylation is 1.